The van der Waals surface area contributed by atoms with Gasteiger partial charge in [-0.2, -0.15) is 0 Å². The summed E-state index contributed by atoms with van der Waals surface area (Å²) in [6.07, 6.45) is 4.16. The number of anilines is 1. The number of sulfone groups is 1. The molecule has 3 aromatic rings. The molecule has 0 unspecified atom stereocenters. The van der Waals surface area contributed by atoms with E-state index < -0.39 is 14.8 Å². The van der Waals surface area contributed by atoms with Crippen molar-refractivity contribution in [2.45, 2.75) is 4.90 Å². The number of nitrogens with zero attached hydrogens (tertiary/aromatic N) is 4. The van der Waals surface area contributed by atoms with E-state index in [1.165, 1.54) is 35.6 Å². The number of aromatic nitrogens is 1. The van der Waals surface area contributed by atoms with E-state index in [9.17, 15) is 23.3 Å². The van der Waals surface area contributed by atoms with Gasteiger partial charge in [0.25, 0.3) is 11.6 Å². The molecule has 0 spiro atoms. The third-order valence-electron chi connectivity index (χ3n) is 5.54. The Morgan fingerprint density at radius 3 is 2.60 bits per heavy atom. The van der Waals surface area contributed by atoms with E-state index in [4.69, 9.17) is 4.74 Å². The monoisotopic (exact) mass is 516 g/mol. The number of nitro benzene ring substituents is 1. The summed E-state index contributed by atoms with van der Waals surface area (Å²) in [5.41, 5.74) is 1.24. The van der Waals surface area contributed by atoms with Crippen LogP contribution in [0.5, 0.6) is 0 Å². The van der Waals surface area contributed by atoms with E-state index in [0.29, 0.717) is 47.2 Å². The highest BCUT2D eigenvalue weighted by Gasteiger charge is 2.21. The van der Waals surface area contributed by atoms with E-state index >= 15 is 0 Å². The van der Waals surface area contributed by atoms with Crippen molar-refractivity contribution in [3.63, 3.8) is 0 Å². The molecule has 1 aliphatic rings. The summed E-state index contributed by atoms with van der Waals surface area (Å²) in [5, 5.41) is 11.3. The fourth-order valence-corrected chi connectivity index (χ4v) is 5.33. The number of hydrogen-bond donors (Lipinski definition) is 0. The van der Waals surface area contributed by atoms with Crippen LogP contribution in [0.25, 0.3) is 16.3 Å². The maximum atomic E-state index is 13.2. The van der Waals surface area contributed by atoms with Gasteiger partial charge in [0.15, 0.2) is 15.0 Å². The lowest BCUT2D eigenvalue weighted by Gasteiger charge is -2.28. The molecule has 10 nitrogen and oxygen atoms in total. The fraction of sp³-hybridized carbons (Fsp3) is 0.304. The fourth-order valence-electron chi connectivity index (χ4n) is 3.57. The summed E-state index contributed by atoms with van der Waals surface area (Å²) in [7, 11) is -3.37. The van der Waals surface area contributed by atoms with Gasteiger partial charge in [-0.15, -0.1) is 0 Å². The molecule has 1 fully saturated rings. The quantitative estimate of drug-likeness (QED) is 0.254. The Morgan fingerprint density at radius 1 is 1.23 bits per heavy atom. The van der Waals surface area contributed by atoms with E-state index in [-0.39, 0.29) is 16.5 Å². The van der Waals surface area contributed by atoms with Crippen molar-refractivity contribution >= 4 is 54.2 Å². The predicted molar refractivity (Wildman–Crippen MR) is 134 cm³/mol. The molecule has 1 saturated heterocycles. The Hall–Kier alpha value is -3.19. The maximum absolute atomic E-state index is 13.2. The van der Waals surface area contributed by atoms with Crippen LogP contribution >= 0.6 is 11.3 Å². The van der Waals surface area contributed by atoms with Crippen molar-refractivity contribution in [3.05, 3.63) is 64.2 Å². The van der Waals surface area contributed by atoms with Crippen LogP contribution in [0.4, 0.5) is 10.8 Å². The third-order valence-corrected chi connectivity index (χ3v) is 7.69. The first-order chi connectivity index (χ1) is 16.7. The smallest absolute Gasteiger partial charge is 0.269 e. The average Bonchev–Trinajstić information content (AvgIpc) is 3.26. The Labute approximate surface area is 206 Å². The molecule has 35 heavy (non-hydrogen) atoms. The number of rotatable bonds is 8. The number of nitro groups is 1. The molecule has 1 amide bonds. The van der Waals surface area contributed by atoms with Gasteiger partial charge in [-0.25, -0.2) is 13.4 Å². The number of benzene rings is 2. The van der Waals surface area contributed by atoms with Gasteiger partial charge in [-0.05, 0) is 42.0 Å². The van der Waals surface area contributed by atoms with Gasteiger partial charge in [0.05, 0.1) is 33.2 Å². The second-order valence-corrected chi connectivity index (χ2v) is 11.0. The van der Waals surface area contributed by atoms with Gasteiger partial charge in [-0.3, -0.25) is 24.7 Å². The van der Waals surface area contributed by atoms with Gasteiger partial charge in [0.1, 0.15) is 0 Å². The lowest BCUT2D eigenvalue weighted by molar-refractivity contribution is -0.384. The van der Waals surface area contributed by atoms with Crippen molar-refractivity contribution in [1.29, 1.82) is 0 Å². The first-order valence-electron chi connectivity index (χ1n) is 10.9. The second kappa shape index (κ2) is 10.6. The number of thiazole rings is 1. The summed E-state index contributed by atoms with van der Waals surface area (Å²) in [5.74, 6) is -0.293. The third kappa shape index (κ3) is 6.28. The van der Waals surface area contributed by atoms with Crippen LogP contribution in [-0.4, -0.2) is 74.8 Å². The van der Waals surface area contributed by atoms with Crippen LogP contribution in [0.3, 0.4) is 0 Å². The minimum Gasteiger partial charge on any atom is -0.379 e. The van der Waals surface area contributed by atoms with Crippen molar-refractivity contribution in [2.75, 3.05) is 50.5 Å². The number of hydrogen-bond acceptors (Lipinski definition) is 9. The van der Waals surface area contributed by atoms with Crippen LogP contribution in [-0.2, 0) is 19.4 Å². The van der Waals surface area contributed by atoms with Gasteiger partial charge in [0.2, 0.25) is 0 Å². The number of non-ortho nitro benzene ring substituents is 1. The van der Waals surface area contributed by atoms with Gasteiger partial charge >= 0.3 is 0 Å². The largest absolute Gasteiger partial charge is 0.379 e. The SMILES string of the molecule is CS(=O)(=O)c1ccc2nc(N(CCN3CCOCC3)C(=O)C=Cc3ccc([N+](=O)[O-])cc3)sc2c1. The number of fused-ring (bicyclic) bond motifs is 1. The molecule has 0 N–H and O–H groups in total. The Balaban J connectivity index is 1.59. The first-order valence-corrected chi connectivity index (χ1v) is 13.6. The molecule has 0 bridgehead atoms. The molecule has 0 atom stereocenters. The van der Waals surface area contributed by atoms with Gasteiger partial charge in [0, 0.05) is 50.6 Å². The highest BCUT2D eigenvalue weighted by molar-refractivity contribution is 7.90. The van der Waals surface area contributed by atoms with E-state index in [0.717, 1.165) is 19.3 Å². The summed E-state index contributed by atoms with van der Waals surface area (Å²) >= 11 is 1.25. The topological polar surface area (TPSA) is 123 Å². The molecule has 0 radical (unpaired) electrons. The molecule has 2 aromatic carbocycles. The summed E-state index contributed by atoms with van der Waals surface area (Å²) in [6, 6.07) is 10.6. The molecular formula is C23H24N4O6S2. The second-order valence-electron chi connectivity index (χ2n) is 8.02. The number of amides is 1. The lowest BCUT2D eigenvalue weighted by atomic mass is 10.2. The van der Waals surface area contributed by atoms with Gasteiger partial charge in [-0.1, -0.05) is 11.3 Å². The molecule has 2 heterocycles. The Bertz CT molecular complexity index is 1360. The van der Waals surface area contributed by atoms with E-state index in [1.807, 2.05) is 0 Å². The van der Waals surface area contributed by atoms with Crippen molar-refractivity contribution in [1.82, 2.24) is 9.88 Å². The lowest BCUT2D eigenvalue weighted by Crippen LogP contribution is -2.42. The zero-order valence-corrected chi connectivity index (χ0v) is 20.6. The molecule has 12 heteroatoms. The zero-order chi connectivity index (χ0) is 25.0. The minimum atomic E-state index is -3.37. The normalized spacial score (nSPS) is 15.0. The van der Waals surface area contributed by atoms with Gasteiger partial charge < -0.3 is 4.74 Å². The summed E-state index contributed by atoms with van der Waals surface area (Å²) in [6.45, 7) is 3.86. The first kappa shape index (κ1) is 24.9. The number of morpholine rings is 1. The van der Waals surface area contributed by atoms with Crippen molar-refractivity contribution in [3.8, 4) is 0 Å². The Morgan fingerprint density at radius 2 is 1.94 bits per heavy atom. The predicted octanol–water partition coefficient (Wildman–Crippen LogP) is 2.99. The molecule has 1 aromatic heterocycles. The number of ether oxygens (including phenoxy) is 1. The number of carbonyl (C=O) groups is 1. The van der Waals surface area contributed by atoms with Crippen LogP contribution in [0.15, 0.2) is 53.4 Å². The molecular weight excluding hydrogens is 492 g/mol. The molecule has 0 aliphatic carbocycles. The zero-order valence-electron chi connectivity index (χ0n) is 19.0. The van der Waals surface area contributed by atoms with Crippen LogP contribution in [0, 0.1) is 10.1 Å². The maximum Gasteiger partial charge on any atom is 0.269 e. The average molecular weight is 517 g/mol. The molecule has 4 rings (SSSR count). The molecule has 1 aliphatic heterocycles. The standard InChI is InChI=1S/C23H24N4O6S2/c1-35(31,32)19-7-8-20-21(16-19)34-23(24-20)26(11-10-25-12-14-33-15-13-25)22(28)9-4-17-2-5-18(6-3-17)27(29)30/h2-9,16H,10-15H2,1H3. The summed E-state index contributed by atoms with van der Waals surface area (Å²) in [4.78, 5) is 32.2. The van der Waals surface area contributed by atoms with Crippen LogP contribution in [0.2, 0.25) is 0 Å². The van der Waals surface area contributed by atoms with Crippen LogP contribution in [0.1, 0.15) is 5.56 Å². The van der Waals surface area contributed by atoms with Crippen molar-refractivity contribution < 1.29 is 22.9 Å². The highest BCUT2D eigenvalue weighted by atomic mass is 32.2. The molecule has 0 saturated carbocycles. The van der Waals surface area contributed by atoms with Crippen molar-refractivity contribution in [2.24, 2.45) is 0 Å². The summed E-state index contributed by atoms with van der Waals surface area (Å²) < 4.78 is 29.9. The Kier molecular flexibility index (Phi) is 7.55. The highest BCUT2D eigenvalue weighted by Crippen LogP contribution is 2.31. The van der Waals surface area contributed by atoms with E-state index in [1.54, 1.807) is 35.2 Å². The minimum absolute atomic E-state index is 0.0245. The molecule has 184 valence electrons. The number of carbonyl (C=O) groups excluding carboxylic acids is 1. The van der Waals surface area contributed by atoms with Crippen LogP contribution < -0.4 is 4.90 Å². The van der Waals surface area contributed by atoms with E-state index in [2.05, 4.69) is 9.88 Å².